The summed E-state index contributed by atoms with van der Waals surface area (Å²) in [6, 6.07) is 0. The molecule has 10 atom stereocenters. The number of ether oxygens (including phenoxy) is 3. The molecule has 1 unspecified atom stereocenters. The number of hydrogen-bond acceptors (Lipinski definition) is 7. The molecule has 3 aliphatic heterocycles. The Morgan fingerprint density at radius 1 is 1.36 bits per heavy atom. The Morgan fingerprint density at radius 2 is 2.11 bits per heavy atom. The number of epoxide rings is 1. The second-order valence-corrected chi connectivity index (χ2v) is 10.2. The molecule has 7 nitrogen and oxygen atoms in total. The maximum Gasteiger partial charge on any atom is 0.334 e. The molecule has 0 aromatic carbocycles. The van der Waals surface area contributed by atoms with Gasteiger partial charge in [0.05, 0.1) is 11.5 Å². The topological polar surface area (TPSA) is 109 Å². The van der Waals surface area contributed by atoms with Crippen LogP contribution in [-0.2, 0) is 19.0 Å². The van der Waals surface area contributed by atoms with Gasteiger partial charge in [0, 0.05) is 23.5 Å². The number of aliphatic hydroxyl groups is 3. The Hall–Kier alpha value is -0.700. The van der Waals surface area contributed by atoms with Gasteiger partial charge in [-0.1, -0.05) is 13.8 Å². The zero-order valence-electron chi connectivity index (χ0n) is 15.9. The molecule has 0 aromatic rings. The molecule has 2 bridgehead atoms. The van der Waals surface area contributed by atoms with Crippen molar-refractivity contribution < 1.29 is 34.3 Å². The zero-order valence-corrected chi connectivity index (χ0v) is 16.6. The third kappa shape index (κ3) is 1.49. The lowest BCUT2D eigenvalue weighted by atomic mass is 9.45. The number of alkyl halides is 1. The Labute approximate surface area is 167 Å². The van der Waals surface area contributed by atoms with E-state index >= 15 is 0 Å². The fraction of sp³-hybridized carbons (Fsp3) is 0.850. The summed E-state index contributed by atoms with van der Waals surface area (Å²) in [5.41, 5.74) is -2.67. The van der Waals surface area contributed by atoms with Crippen LogP contribution in [0.4, 0.5) is 0 Å². The highest BCUT2D eigenvalue weighted by molar-refractivity contribution is 6.22. The second-order valence-electron chi connectivity index (χ2n) is 9.73. The largest absolute Gasteiger partial charge is 0.458 e. The number of rotatable bonds is 2. The van der Waals surface area contributed by atoms with Crippen molar-refractivity contribution in [2.24, 2.45) is 17.3 Å². The molecule has 6 rings (SSSR count). The van der Waals surface area contributed by atoms with Crippen molar-refractivity contribution in [3.05, 3.63) is 11.1 Å². The van der Waals surface area contributed by atoms with Crippen LogP contribution in [0.15, 0.2) is 11.1 Å². The molecule has 154 valence electrons. The Morgan fingerprint density at radius 3 is 2.82 bits per heavy atom. The third-order valence-electron chi connectivity index (χ3n) is 9.05. The van der Waals surface area contributed by atoms with E-state index < -0.39 is 51.8 Å². The van der Waals surface area contributed by atoms with Crippen LogP contribution in [0, 0.1) is 17.3 Å². The summed E-state index contributed by atoms with van der Waals surface area (Å²) in [5, 5.41) is 32.5. The molecule has 0 aromatic heterocycles. The zero-order chi connectivity index (χ0) is 19.9. The molecule has 2 saturated carbocycles. The van der Waals surface area contributed by atoms with Gasteiger partial charge in [0.15, 0.2) is 5.60 Å². The SMILES string of the molecule is CC(CO)[C@@]12O[C@@H]3C[C@H]4C5=C(CC[C@]4(C)[C@@]4(O[C@H]4[C@H]1Cl)[C@]3(O)[C@@H]2O)C(=O)OC5. The molecule has 3 N–H and O–H groups in total. The van der Waals surface area contributed by atoms with Gasteiger partial charge in [0.2, 0.25) is 0 Å². The van der Waals surface area contributed by atoms with Crippen molar-refractivity contribution in [2.75, 3.05) is 13.2 Å². The van der Waals surface area contributed by atoms with Gasteiger partial charge in [-0.3, -0.25) is 0 Å². The van der Waals surface area contributed by atoms with E-state index in [9.17, 15) is 20.1 Å². The fourth-order valence-corrected chi connectivity index (χ4v) is 8.16. The van der Waals surface area contributed by atoms with Crippen LogP contribution in [0.25, 0.3) is 0 Å². The number of carbonyl (C=O) groups is 1. The summed E-state index contributed by atoms with van der Waals surface area (Å²) < 4.78 is 17.9. The summed E-state index contributed by atoms with van der Waals surface area (Å²) in [5.74, 6) is -0.767. The highest BCUT2D eigenvalue weighted by atomic mass is 35.5. The maximum absolute atomic E-state index is 12.1. The molecular weight excluding hydrogens is 388 g/mol. The first-order valence-electron chi connectivity index (χ1n) is 10.1. The first-order valence-corrected chi connectivity index (χ1v) is 10.5. The molecule has 3 aliphatic carbocycles. The van der Waals surface area contributed by atoms with Gasteiger partial charge in [0.25, 0.3) is 0 Å². The van der Waals surface area contributed by atoms with Crippen molar-refractivity contribution >= 4 is 17.6 Å². The number of carbonyl (C=O) groups excluding carboxylic acids is 1. The number of fused-ring (bicyclic) bond motifs is 3. The van der Waals surface area contributed by atoms with E-state index in [1.807, 2.05) is 0 Å². The predicted octanol–water partition coefficient (Wildman–Crippen LogP) is 0.276. The molecule has 0 amide bonds. The molecule has 1 spiro atoms. The van der Waals surface area contributed by atoms with Crippen molar-refractivity contribution in [1.29, 1.82) is 0 Å². The lowest BCUT2D eigenvalue weighted by Gasteiger charge is -2.58. The first kappa shape index (κ1) is 18.1. The van der Waals surface area contributed by atoms with E-state index in [-0.39, 0.29) is 25.1 Å². The third-order valence-corrected chi connectivity index (χ3v) is 9.62. The quantitative estimate of drug-likeness (QED) is 0.339. The molecule has 8 heteroatoms. The molecule has 0 radical (unpaired) electrons. The van der Waals surface area contributed by atoms with Gasteiger partial charge in [-0.15, -0.1) is 11.6 Å². The van der Waals surface area contributed by atoms with E-state index in [4.69, 9.17) is 25.8 Å². The summed E-state index contributed by atoms with van der Waals surface area (Å²) in [4.78, 5) is 12.1. The average Bonchev–Trinajstić information content (AvgIpc) is 3.29. The smallest absolute Gasteiger partial charge is 0.334 e. The number of aliphatic hydroxyl groups excluding tert-OH is 2. The Kier molecular flexibility index (Phi) is 3.20. The summed E-state index contributed by atoms with van der Waals surface area (Å²) >= 11 is 6.85. The van der Waals surface area contributed by atoms with Crippen molar-refractivity contribution in [3.63, 3.8) is 0 Å². The summed E-state index contributed by atoms with van der Waals surface area (Å²) in [7, 11) is 0. The van der Waals surface area contributed by atoms with Crippen molar-refractivity contribution in [2.45, 2.75) is 73.6 Å². The van der Waals surface area contributed by atoms with Crippen LogP contribution in [0.5, 0.6) is 0 Å². The minimum Gasteiger partial charge on any atom is -0.458 e. The van der Waals surface area contributed by atoms with Crippen LogP contribution in [-0.4, -0.2) is 75.0 Å². The van der Waals surface area contributed by atoms with Crippen molar-refractivity contribution in [1.82, 2.24) is 0 Å². The number of cyclic esters (lactones) is 1. The van der Waals surface area contributed by atoms with E-state index in [1.54, 1.807) is 6.92 Å². The fourth-order valence-electron chi connectivity index (χ4n) is 7.54. The van der Waals surface area contributed by atoms with Gasteiger partial charge < -0.3 is 29.5 Å². The minimum absolute atomic E-state index is 0.0487. The lowest BCUT2D eigenvalue weighted by molar-refractivity contribution is -0.206. The Balaban J connectivity index is 1.55. The maximum atomic E-state index is 12.1. The van der Waals surface area contributed by atoms with Gasteiger partial charge >= 0.3 is 5.97 Å². The molecule has 3 heterocycles. The molecule has 28 heavy (non-hydrogen) atoms. The molecular formula is C20H25ClO7. The van der Waals surface area contributed by atoms with Crippen LogP contribution in [0.1, 0.15) is 33.1 Å². The minimum atomic E-state index is -1.60. The van der Waals surface area contributed by atoms with Crippen molar-refractivity contribution in [3.8, 4) is 0 Å². The highest BCUT2D eigenvalue weighted by Gasteiger charge is 2.94. The predicted molar refractivity (Wildman–Crippen MR) is 95.5 cm³/mol. The average molecular weight is 413 g/mol. The van der Waals surface area contributed by atoms with Crippen LogP contribution >= 0.6 is 11.6 Å². The van der Waals surface area contributed by atoms with E-state index in [2.05, 4.69) is 6.92 Å². The van der Waals surface area contributed by atoms with Crippen LogP contribution < -0.4 is 0 Å². The van der Waals surface area contributed by atoms with Gasteiger partial charge in [-0.2, -0.15) is 0 Å². The van der Waals surface area contributed by atoms with Gasteiger partial charge in [0.1, 0.15) is 30.0 Å². The van der Waals surface area contributed by atoms with E-state index in [1.165, 1.54) is 0 Å². The monoisotopic (exact) mass is 412 g/mol. The van der Waals surface area contributed by atoms with E-state index in [0.29, 0.717) is 19.3 Å². The number of hydrogen-bond donors (Lipinski definition) is 3. The lowest BCUT2D eigenvalue weighted by Crippen LogP contribution is -2.76. The normalized spacial score (nSPS) is 59.4. The van der Waals surface area contributed by atoms with Gasteiger partial charge in [-0.05, 0) is 30.8 Å². The standard InChI is InChI=1S/C20H25ClO7/c1-8(6-22)18-13(21)14-20(28-14)17(2)4-3-9-10(7-26-15(9)23)11(17)5-12(27-18)19(20,25)16(18)24/h8,11-14,16,22,24-25H,3-7H2,1-2H3/t8?,11-,12+,13+,14-,16+,17-,18+,19+,20+/m0/s1. The number of halogens is 1. The van der Waals surface area contributed by atoms with Gasteiger partial charge in [-0.25, -0.2) is 4.79 Å². The molecule has 2 saturated heterocycles. The second kappa shape index (κ2) is 4.95. The summed E-state index contributed by atoms with van der Waals surface area (Å²) in [6.07, 6.45) is -0.748. The van der Waals surface area contributed by atoms with E-state index in [0.717, 1.165) is 11.1 Å². The highest BCUT2D eigenvalue weighted by Crippen LogP contribution is 2.77. The summed E-state index contributed by atoms with van der Waals surface area (Å²) in [6.45, 7) is 3.90. The van der Waals surface area contributed by atoms with Crippen LogP contribution in [0.2, 0.25) is 0 Å². The van der Waals surface area contributed by atoms with Crippen LogP contribution in [0.3, 0.4) is 0 Å². The Bertz CT molecular complexity index is 829. The first-order chi connectivity index (χ1) is 13.2. The number of esters is 1. The molecule has 4 fully saturated rings. The molecule has 6 aliphatic rings.